The number of aromatic carboxylic acids is 1. The van der Waals surface area contributed by atoms with E-state index in [0.717, 1.165) is 17.3 Å². The zero-order chi connectivity index (χ0) is 11.3. The first-order valence-electron chi connectivity index (χ1n) is 5.17. The van der Waals surface area contributed by atoms with Crippen molar-refractivity contribution in [2.45, 2.75) is 32.6 Å². The lowest BCUT2D eigenvalue weighted by atomic mass is 10.1. The van der Waals surface area contributed by atoms with Crippen LogP contribution in [0.15, 0.2) is 22.7 Å². The van der Waals surface area contributed by atoms with Gasteiger partial charge in [0.05, 0.1) is 5.56 Å². The molecule has 1 aromatic rings. The van der Waals surface area contributed by atoms with E-state index < -0.39 is 5.97 Å². The van der Waals surface area contributed by atoms with Crippen LogP contribution in [-0.4, -0.2) is 11.1 Å². The van der Waals surface area contributed by atoms with Crippen LogP contribution in [0.5, 0.6) is 0 Å². The highest BCUT2D eigenvalue weighted by molar-refractivity contribution is 9.10. The third-order valence-electron chi connectivity index (χ3n) is 2.35. The fourth-order valence-corrected chi connectivity index (χ4v) is 2.03. The number of carboxylic acids is 1. The topological polar surface area (TPSA) is 37.3 Å². The fraction of sp³-hybridized carbons (Fsp3) is 0.417. The Morgan fingerprint density at radius 1 is 1.40 bits per heavy atom. The summed E-state index contributed by atoms with van der Waals surface area (Å²) in [5.74, 6) is -0.879. The molecule has 15 heavy (non-hydrogen) atoms. The molecule has 0 fully saturated rings. The molecule has 0 spiro atoms. The molecule has 0 aliphatic rings. The molecule has 0 saturated heterocycles. The second-order valence-corrected chi connectivity index (χ2v) is 4.42. The van der Waals surface area contributed by atoms with Crippen molar-refractivity contribution in [1.82, 2.24) is 0 Å². The van der Waals surface area contributed by atoms with Crippen LogP contribution in [0.1, 0.15) is 42.1 Å². The van der Waals surface area contributed by atoms with E-state index in [-0.39, 0.29) is 0 Å². The minimum absolute atomic E-state index is 0.334. The first-order chi connectivity index (χ1) is 7.15. The molecular formula is C12H15BrO2. The Kier molecular flexibility index (Phi) is 4.82. The Morgan fingerprint density at radius 3 is 2.67 bits per heavy atom. The lowest BCUT2D eigenvalue weighted by Gasteiger charge is -2.04. The molecule has 0 aliphatic heterocycles. The standard InChI is InChI=1S/C12H15BrO2/c1-2-3-4-5-9-6-7-10(12(14)15)8-11(9)13/h6-8H,2-5H2,1H3,(H,14,15). The number of hydrogen-bond acceptors (Lipinski definition) is 1. The average Bonchev–Trinajstić information content (AvgIpc) is 2.20. The highest BCUT2D eigenvalue weighted by Crippen LogP contribution is 2.20. The molecule has 1 rings (SSSR count). The number of benzene rings is 1. The van der Waals surface area contributed by atoms with Gasteiger partial charge in [-0.05, 0) is 30.5 Å². The summed E-state index contributed by atoms with van der Waals surface area (Å²) in [6.07, 6.45) is 4.58. The summed E-state index contributed by atoms with van der Waals surface area (Å²) in [7, 11) is 0. The van der Waals surface area contributed by atoms with Crippen molar-refractivity contribution in [1.29, 1.82) is 0 Å². The maximum Gasteiger partial charge on any atom is 0.335 e. The second-order valence-electron chi connectivity index (χ2n) is 3.57. The van der Waals surface area contributed by atoms with E-state index in [0.29, 0.717) is 5.56 Å². The molecule has 0 atom stereocenters. The van der Waals surface area contributed by atoms with Gasteiger partial charge in [0.1, 0.15) is 0 Å². The lowest BCUT2D eigenvalue weighted by Crippen LogP contribution is -1.97. The monoisotopic (exact) mass is 270 g/mol. The maximum absolute atomic E-state index is 10.7. The van der Waals surface area contributed by atoms with Gasteiger partial charge in [-0.1, -0.05) is 41.8 Å². The normalized spacial score (nSPS) is 10.3. The fourth-order valence-electron chi connectivity index (χ4n) is 1.45. The number of hydrogen-bond donors (Lipinski definition) is 1. The Bertz CT molecular complexity index is 347. The number of halogens is 1. The molecule has 1 N–H and O–H groups in total. The third kappa shape index (κ3) is 3.67. The van der Waals surface area contributed by atoms with Crippen LogP contribution < -0.4 is 0 Å². The van der Waals surface area contributed by atoms with Crippen molar-refractivity contribution in [2.24, 2.45) is 0 Å². The van der Waals surface area contributed by atoms with Gasteiger partial charge >= 0.3 is 5.97 Å². The lowest BCUT2D eigenvalue weighted by molar-refractivity contribution is 0.0697. The zero-order valence-electron chi connectivity index (χ0n) is 8.79. The molecule has 0 aliphatic carbocycles. The van der Waals surface area contributed by atoms with E-state index in [4.69, 9.17) is 5.11 Å². The number of rotatable bonds is 5. The van der Waals surface area contributed by atoms with E-state index in [1.165, 1.54) is 18.4 Å². The highest BCUT2D eigenvalue weighted by Gasteiger charge is 2.06. The predicted molar refractivity (Wildman–Crippen MR) is 64.3 cm³/mol. The van der Waals surface area contributed by atoms with Crippen LogP contribution in [0.4, 0.5) is 0 Å². The molecule has 82 valence electrons. The minimum atomic E-state index is -0.879. The third-order valence-corrected chi connectivity index (χ3v) is 3.09. The molecule has 2 nitrogen and oxygen atoms in total. The van der Waals surface area contributed by atoms with Crippen molar-refractivity contribution in [3.63, 3.8) is 0 Å². The second kappa shape index (κ2) is 5.91. The molecule has 1 aromatic carbocycles. The van der Waals surface area contributed by atoms with E-state index >= 15 is 0 Å². The molecule has 3 heteroatoms. The number of carbonyl (C=O) groups is 1. The Balaban J connectivity index is 2.70. The van der Waals surface area contributed by atoms with Gasteiger partial charge in [0.2, 0.25) is 0 Å². The smallest absolute Gasteiger partial charge is 0.335 e. The first kappa shape index (κ1) is 12.2. The van der Waals surface area contributed by atoms with Crippen LogP contribution >= 0.6 is 15.9 Å². The van der Waals surface area contributed by atoms with Gasteiger partial charge in [-0.2, -0.15) is 0 Å². The summed E-state index contributed by atoms with van der Waals surface area (Å²) < 4.78 is 0.901. The zero-order valence-corrected chi connectivity index (χ0v) is 10.4. The molecule has 0 heterocycles. The summed E-state index contributed by atoms with van der Waals surface area (Å²) >= 11 is 3.40. The van der Waals surface area contributed by atoms with Crippen molar-refractivity contribution in [2.75, 3.05) is 0 Å². The van der Waals surface area contributed by atoms with E-state index in [1.54, 1.807) is 12.1 Å². The Hall–Kier alpha value is -0.830. The summed E-state index contributed by atoms with van der Waals surface area (Å²) in [6, 6.07) is 5.22. The average molecular weight is 271 g/mol. The maximum atomic E-state index is 10.7. The van der Waals surface area contributed by atoms with E-state index in [9.17, 15) is 4.79 Å². The van der Waals surface area contributed by atoms with Crippen LogP contribution in [-0.2, 0) is 6.42 Å². The number of aryl methyl sites for hydroxylation is 1. The quantitative estimate of drug-likeness (QED) is 0.825. The number of carboxylic acid groups (broad SMARTS) is 1. The van der Waals surface area contributed by atoms with E-state index in [1.807, 2.05) is 6.07 Å². The van der Waals surface area contributed by atoms with Crippen LogP contribution in [0.25, 0.3) is 0 Å². The number of unbranched alkanes of at least 4 members (excludes halogenated alkanes) is 2. The summed E-state index contributed by atoms with van der Waals surface area (Å²) in [5.41, 5.74) is 1.52. The van der Waals surface area contributed by atoms with Gasteiger partial charge in [-0.25, -0.2) is 4.79 Å². The molecule has 0 saturated carbocycles. The summed E-state index contributed by atoms with van der Waals surface area (Å²) in [5, 5.41) is 8.79. The minimum Gasteiger partial charge on any atom is -0.478 e. The van der Waals surface area contributed by atoms with Crippen molar-refractivity contribution in [3.8, 4) is 0 Å². The molecule has 0 radical (unpaired) electrons. The SMILES string of the molecule is CCCCCc1ccc(C(=O)O)cc1Br. The van der Waals surface area contributed by atoms with Crippen LogP contribution in [0.3, 0.4) is 0 Å². The summed E-state index contributed by atoms with van der Waals surface area (Å²) in [6.45, 7) is 2.17. The van der Waals surface area contributed by atoms with E-state index in [2.05, 4.69) is 22.9 Å². The van der Waals surface area contributed by atoms with Crippen LogP contribution in [0, 0.1) is 0 Å². The molecule has 0 bridgehead atoms. The first-order valence-corrected chi connectivity index (χ1v) is 5.96. The molecular weight excluding hydrogens is 256 g/mol. The van der Waals surface area contributed by atoms with Crippen molar-refractivity contribution >= 4 is 21.9 Å². The van der Waals surface area contributed by atoms with Crippen LogP contribution in [0.2, 0.25) is 0 Å². The largest absolute Gasteiger partial charge is 0.478 e. The van der Waals surface area contributed by atoms with Gasteiger partial charge in [0.25, 0.3) is 0 Å². The summed E-state index contributed by atoms with van der Waals surface area (Å²) in [4.78, 5) is 10.7. The molecule has 0 unspecified atom stereocenters. The van der Waals surface area contributed by atoms with Gasteiger partial charge in [0.15, 0.2) is 0 Å². The highest BCUT2D eigenvalue weighted by atomic mass is 79.9. The van der Waals surface area contributed by atoms with Crippen molar-refractivity contribution in [3.05, 3.63) is 33.8 Å². The van der Waals surface area contributed by atoms with Gasteiger partial charge in [-0.3, -0.25) is 0 Å². The Morgan fingerprint density at radius 2 is 2.13 bits per heavy atom. The predicted octanol–water partition coefficient (Wildman–Crippen LogP) is 3.88. The van der Waals surface area contributed by atoms with Crippen molar-refractivity contribution < 1.29 is 9.90 Å². The van der Waals surface area contributed by atoms with Gasteiger partial charge in [-0.15, -0.1) is 0 Å². The Labute approximate surface area is 98.4 Å². The van der Waals surface area contributed by atoms with Gasteiger partial charge < -0.3 is 5.11 Å². The molecule has 0 aromatic heterocycles. The molecule has 0 amide bonds. The van der Waals surface area contributed by atoms with Gasteiger partial charge in [0, 0.05) is 4.47 Å².